The highest BCUT2D eigenvalue weighted by atomic mass is 19.1. The molecule has 0 bridgehead atoms. The van der Waals surface area contributed by atoms with E-state index < -0.39 is 12.4 Å². The second kappa shape index (κ2) is 11.1. The molecule has 0 fully saturated rings. The summed E-state index contributed by atoms with van der Waals surface area (Å²) in [6, 6.07) is 7.60. The number of aliphatic hydroxyl groups is 1. The molecule has 32 heavy (non-hydrogen) atoms. The monoisotopic (exact) mass is 440 g/mol. The number of dihydropyridines is 1. The third-order valence-corrected chi connectivity index (χ3v) is 5.63. The molecule has 1 aromatic carbocycles. The quantitative estimate of drug-likeness (QED) is 0.406. The largest absolute Gasteiger partial charge is 0.387 e. The second-order valence-corrected chi connectivity index (χ2v) is 8.46. The Morgan fingerprint density at radius 2 is 2.12 bits per heavy atom. The first-order valence-corrected chi connectivity index (χ1v) is 10.9. The topological polar surface area (TPSA) is 67.8 Å². The van der Waals surface area contributed by atoms with Crippen LogP contribution in [-0.4, -0.2) is 73.5 Å². The number of carbonyl (C=O) groups is 1. The van der Waals surface area contributed by atoms with Crippen LogP contribution in [0, 0.1) is 0 Å². The zero-order valence-electron chi connectivity index (χ0n) is 19.0. The van der Waals surface area contributed by atoms with Crippen molar-refractivity contribution in [2.45, 2.75) is 25.7 Å². The van der Waals surface area contributed by atoms with Crippen LogP contribution < -0.4 is 10.6 Å². The SMILES string of the molecule is CC1=CC(CN(C)C(=O)c2ccc(CCNCC(O)C3=CC=CN(C)C3)cc2)=CNC1F. The van der Waals surface area contributed by atoms with Gasteiger partial charge in [-0.05, 0) is 66.6 Å². The number of rotatable bonds is 9. The van der Waals surface area contributed by atoms with Gasteiger partial charge >= 0.3 is 0 Å². The molecule has 3 rings (SSSR count). The molecular formula is C25H33FN4O2. The van der Waals surface area contributed by atoms with E-state index in [0.717, 1.165) is 36.2 Å². The van der Waals surface area contributed by atoms with Crippen molar-refractivity contribution in [1.82, 2.24) is 20.4 Å². The fraction of sp³-hybridized carbons (Fsp3) is 0.400. The van der Waals surface area contributed by atoms with Crippen molar-refractivity contribution < 1.29 is 14.3 Å². The molecule has 172 valence electrons. The van der Waals surface area contributed by atoms with E-state index in [9.17, 15) is 14.3 Å². The molecule has 0 spiro atoms. The zero-order chi connectivity index (χ0) is 23.1. The average Bonchev–Trinajstić information content (AvgIpc) is 2.79. The highest BCUT2D eigenvalue weighted by molar-refractivity contribution is 5.94. The highest BCUT2D eigenvalue weighted by Gasteiger charge is 2.17. The van der Waals surface area contributed by atoms with Crippen molar-refractivity contribution in [3.05, 3.63) is 82.7 Å². The predicted molar refractivity (Wildman–Crippen MR) is 126 cm³/mol. The van der Waals surface area contributed by atoms with Crippen molar-refractivity contribution in [3.8, 4) is 0 Å². The van der Waals surface area contributed by atoms with Gasteiger partial charge in [-0.3, -0.25) is 4.79 Å². The van der Waals surface area contributed by atoms with Gasteiger partial charge in [0.1, 0.15) is 0 Å². The number of nitrogens with zero attached hydrogens (tertiary/aromatic N) is 2. The minimum Gasteiger partial charge on any atom is -0.387 e. The maximum Gasteiger partial charge on any atom is 0.253 e. The summed E-state index contributed by atoms with van der Waals surface area (Å²) in [5.74, 6) is -0.0769. The first-order valence-electron chi connectivity index (χ1n) is 10.9. The van der Waals surface area contributed by atoms with E-state index in [1.807, 2.05) is 54.6 Å². The second-order valence-electron chi connectivity index (χ2n) is 8.46. The average molecular weight is 441 g/mol. The maximum atomic E-state index is 13.5. The Morgan fingerprint density at radius 1 is 1.38 bits per heavy atom. The summed E-state index contributed by atoms with van der Waals surface area (Å²) in [4.78, 5) is 16.4. The number of benzene rings is 1. The fourth-order valence-corrected chi connectivity index (χ4v) is 3.72. The Morgan fingerprint density at radius 3 is 2.81 bits per heavy atom. The summed E-state index contributed by atoms with van der Waals surface area (Å²) in [6.07, 6.45) is 8.45. The van der Waals surface area contributed by atoms with Crippen LogP contribution in [0.5, 0.6) is 0 Å². The standard InChI is InChI=1S/C25H33FN4O2/c1-18-13-20(14-28-24(18)26)16-30(3)25(32)21-8-6-19(7-9-21)10-11-27-15-23(31)22-5-4-12-29(2)17-22/h4-9,12-14,23-24,27-28,31H,10-11,15-17H2,1-3H3. The van der Waals surface area contributed by atoms with Gasteiger partial charge in [-0.1, -0.05) is 24.3 Å². The number of carbonyl (C=O) groups excluding carboxylic acids is 1. The van der Waals surface area contributed by atoms with Gasteiger partial charge in [-0.25, -0.2) is 4.39 Å². The lowest BCUT2D eigenvalue weighted by atomic mass is 10.1. The zero-order valence-corrected chi connectivity index (χ0v) is 19.0. The molecule has 2 atom stereocenters. The first kappa shape index (κ1) is 23.8. The van der Waals surface area contributed by atoms with Crippen LogP contribution >= 0.6 is 0 Å². The molecule has 1 aromatic rings. The van der Waals surface area contributed by atoms with E-state index in [-0.39, 0.29) is 5.91 Å². The van der Waals surface area contributed by atoms with Crippen LogP contribution in [0.1, 0.15) is 22.8 Å². The molecule has 1 amide bonds. The predicted octanol–water partition coefficient (Wildman–Crippen LogP) is 2.37. The Kier molecular flexibility index (Phi) is 8.25. The number of likely N-dealkylation sites (N-methyl/N-ethyl adjacent to an activating group) is 2. The van der Waals surface area contributed by atoms with Crippen LogP contribution in [0.15, 0.2) is 71.6 Å². The lowest BCUT2D eigenvalue weighted by Gasteiger charge is -2.23. The van der Waals surface area contributed by atoms with Gasteiger partial charge in [0.2, 0.25) is 0 Å². The van der Waals surface area contributed by atoms with Gasteiger partial charge < -0.3 is 25.5 Å². The highest BCUT2D eigenvalue weighted by Crippen LogP contribution is 2.15. The van der Waals surface area contributed by atoms with E-state index in [4.69, 9.17) is 0 Å². The van der Waals surface area contributed by atoms with Crippen molar-refractivity contribution in [2.24, 2.45) is 0 Å². The lowest BCUT2D eigenvalue weighted by molar-refractivity contribution is 0.0807. The van der Waals surface area contributed by atoms with Gasteiger partial charge in [0.25, 0.3) is 5.91 Å². The van der Waals surface area contributed by atoms with Gasteiger partial charge in [0.15, 0.2) is 6.30 Å². The van der Waals surface area contributed by atoms with Crippen LogP contribution in [-0.2, 0) is 6.42 Å². The number of hydrogen-bond acceptors (Lipinski definition) is 5. The molecule has 6 nitrogen and oxygen atoms in total. The van der Waals surface area contributed by atoms with Crippen molar-refractivity contribution in [2.75, 3.05) is 40.3 Å². The molecule has 0 saturated carbocycles. The summed E-state index contributed by atoms with van der Waals surface area (Å²) in [5.41, 5.74) is 4.22. The van der Waals surface area contributed by atoms with Crippen molar-refractivity contribution >= 4 is 5.91 Å². The molecule has 3 N–H and O–H groups in total. The number of nitrogens with one attached hydrogen (secondary N) is 2. The van der Waals surface area contributed by atoms with E-state index >= 15 is 0 Å². The van der Waals surface area contributed by atoms with Crippen LogP contribution in [0.2, 0.25) is 0 Å². The van der Waals surface area contributed by atoms with Gasteiger partial charge in [-0.2, -0.15) is 0 Å². The normalized spacial score (nSPS) is 19.0. The summed E-state index contributed by atoms with van der Waals surface area (Å²) in [6.45, 7) is 4.13. The Bertz CT molecular complexity index is 920. The molecule has 0 aliphatic carbocycles. The molecule has 2 unspecified atom stereocenters. The lowest BCUT2D eigenvalue weighted by Crippen LogP contribution is -2.33. The van der Waals surface area contributed by atoms with Crippen LogP contribution in [0.25, 0.3) is 0 Å². The molecule has 7 heteroatoms. The Balaban J connectivity index is 1.43. The number of amides is 1. The van der Waals surface area contributed by atoms with E-state index in [0.29, 0.717) is 24.2 Å². The minimum atomic E-state index is -1.16. The molecule has 0 saturated heterocycles. The summed E-state index contributed by atoms with van der Waals surface area (Å²) in [7, 11) is 3.73. The van der Waals surface area contributed by atoms with Gasteiger partial charge in [0, 0.05) is 45.5 Å². The molecule has 0 radical (unpaired) electrons. The van der Waals surface area contributed by atoms with E-state index in [1.165, 1.54) is 0 Å². The molecule has 2 aliphatic heterocycles. The number of aliphatic hydroxyl groups excluding tert-OH is 1. The van der Waals surface area contributed by atoms with E-state index in [2.05, 4.69) is 10.6 Å². The molecule has 0 aromatic heterocycles. The fourth-order valence-electron chi connectivity index (χ4n) is 3.72. The summed E-state index contributed by atoms with van der Waals surface area (Å²) < 4.78 is 13.5. The van der Waals surface area contributed by atoms with Gasteiger partial charge in [-0.15, -0.1) is 0 Å². The maximum absolute atomic E-state index is 13.5. The molecule has 2 aliphatic rings. The number of allylic oxidation sites excluding steroid dienone is 2. The van der Waals surface area contributed by atoms with Gasteiger partial charge in [0.05, 0.1) is 6.10 Å². The third kappa shape index (κ3) is 6.55. The first-order chi connectivity index (χ1) is 15.3. The van der Waals surface area contributed by atoms with Crippen LogP contribution in [0.4, 0.5) is 4.39 Å². The minimum absolute atomic E-state index is 0.0769. The number of alkyl halides is 1. The van der Waals surface area contributed by atoms with Crippen molar-refractivity contribution in [3.63, 3.8) is 0 Å². The Labute approximate surface area is 189 Å². The number of hydrogen-bond donors (Lipinski definition) is 3. The van der Waals surface area contributed by atoms with Crippen molar-refractivity contribution in [1.29, 1.82) is 0 Å². The Hall–Kier alpha value is -2.90. The van der Waals surface area contributed by atoms with Crippen LogP contribution in [0.3, 0.4) is 0 Å². The third-order valence-electron chi connectivity index (χ3n) is 5.63. The molecular weight excluding hydrogens is 407 g/mol. The molecule has 2 heterocycles. The smallest absolute Gasteiger partial charge is 0.253 e. The summed E-state index contributed by atoms with van der Waals surface area (Å²) >= 11 is 0. The number of halogens is 1. The summed E-state index contributed by atoms with van der Waals surface area (Å²) in [5, 5.41) is 16.3. The van der Waals surface area contributed by atoms with E-state index in [1.54, 1.807) is 31.1 Å².